The lowest BCUT2D eigenvalue weighted by Gasteiger charge is -2.20. The Morgan fingerprint density at radius 1 is 0.264 bits per heavy atom. The average molecular weight is 673 g/mol. The summed E-state index contributed by atoms with van der Waals surface area (Å²) in [4.78, 5) is 0. The number of benzene rings is 10. The molecule has 1 aromatic heterocycles. The Morgan fingerprint density at radius 3 is 1.32 bits per heavy atom. The smallest absolute Gasteiger partial charge is 0.143 e. The maximum atomic E-state index is 6.72. The first-order valence-corrected chi connectivity index (χ1v) is 18.3. The van der Waals surface area contributed by atoms with E-state index in [9.17, 15) is 0 Å². The molecule has 0 radical (unpaired) electrons. The molecule has 0 atom stereocenters. The third-order valence-electron chi connectivity index (χ3n) is 11.1. The van der Waals surface area contributed by atoms with E-state index in [1.54, 1.807) is 0 Å². The van der Waals surface area contributed by atoms with Gasteiger partial charge in [-0.1, -0.05) is 176 Å². The van der Waals surface area contributed by atoms with Crippen molar-refractivity contribution in [2.45, 2.75) is 0 Å². The van der Waals surface area contributed by atoms with Gasteiger partial charge in [0.2, 0.25) is 0 Å². The van der Waals surface area contributed by atoms with Crippen LogP contribution in [0.2, 0.25) is 0 Å². The monoisotopic (exact) mass is 672 g/mol. The Hall–Kier alpha value is -6.96. The van der Waals surface area contributed by atoms with E-state index in [1.807, 2.05) is 0 Å². The van der Waals surface area contributed by atoms with Gasteiger partial charge in [-0.15, -0.1) is 0 Å². The van der Waals surface area contributed by atoms with Gasteiger partial charge in [-0.05, 0) is 100 Å². The highest BCUT2D eigenvalue weighted by Crippen LogP contribution is 2.49. The standard InChI is InChI=1S/C52H32O/c1-3-19-36-33(15-1)17-13-28-38(36)40-21-5-6-23-42(40)51-45-26-9-7-24-43(45)50(44-25-8-10-27-46(44)51)35-31-47(39-29-14-18-34-16-2-4-20-37(34)39)52-48(32-35)41-22-11-12-30-49(41)53-52/h1-32H. The van der Waals surface area contributed by atoms with Gasteiger partial charge in [-0.25, -0.2) is 0 Å². The zero-order valence-electron chi connectivity index (χ0n) is 28.9. The fourth-order valence-electron chi connectivity index (χ4n) is 8.76. The van der Waals surface area contributed by atoms with Gasteiger partial charge < -0.3 is 4.42 Å². The SMILES string of the molecule is c1ccc(-c2c3ccccc3c(-c3cc(-c4cccc5ccccc45)c4oc5ccccc5c4c3)c3ccccc23)c(-c2cccc3ccccc23)c1. The molecule has 0 amide bonds. The highest BCUT2D eigenvalue weighted by atomic mass is 16.3. The van der Waals surface area contributed by atoms with Crippen LogP contribution in [0.15, 0.2) is 199 Å². The number of furan rings is 1. The summed E-state index contributed by atoms with van der Waals surface area (Å²) in [6.07, 6.45) is 0. The molecule has 10 aromatic carbocycles. The summed E-state index contributed by atoms with van der Waals surface area (Å²) in [7, 11) is 0. The van der Waals surface area contributed by atoms with E-state index < -0.39 is 0 Å². The van der Waals surface area contributed by atoms with Crippen LogP contribution in [0.5, 0.6) is 0 Å². The molecule has 0 spiro atoms. The first kappa shape index (κ1) is 29.7. The molecular weight excluding hydrogens is 641 g/mol. The molecule has 0 saturated heterocycles. The molecule has 0 aliphatic rings. The Labute approximate surface area is 307 Å². The summed E-state index contributed by atoms with van der Waals surface area (Å²) in [5.74, 6) is 0. The number of hydrogen-bond donors (Lipinski definition) is 0. The van der Waals surface area contributed by atoms with Crippen molar-refractivity contribution in [3.8, 4) is 44.5 Å². The van der Waals surface area contributed by atoms with Crippen molar-refractivity contribution in [3.63, 3.8) is 0 Å². The normalized spacial score (nSPS) is 11.8. The van der Waals surface area contributed by atoms with Crippen LogP contribution in [-0.2, 0) is 0 Å². The number of para-hydroxylation sites is 1. The van der Waals surface area contributed by atoms with Crippen LogP contribution >= 0.6 is 0 Å². The van der Waals surface area contributed by atoms with E-state index >= 15 is 0 Å². The molecule has 1 heterocycles. The zero-order chi connectivity index (χ0) is 34.9. The van der Waals surface area contributed by atoms with Crippen LogP contribution in [0.25, 0.3) is 110 Å². The van der Waals surface area contributed by atoms with Crippen LogP contribution < -0.4 is 0 Å². The second-order valence-electron chi connectivity index (χ2n) is 13.9. The minimum absolute atomic E-state index is 0.899. The van der Waals surface area contributed by atoms with Gasteiger partial charge in [0.25, 0.3) is 0 Å². The summed E-state index contributed by atoms with van der Waals surface area (Å²) in [6, 6.07) is 70.6. The van der Waals surface area contributed by atoms with Crippen LogP contribution in [0, 0.1) is 0 Å². The molecule has 0 bridgehead atoms. The van der Waals surface area contributed by atoms with Gasteiger partial charge in [0.15, 0.2) is 0 Å². The molecule has 1 nitrogen and oxygen atoms in total. The molecule has 0 saturated carbocycles. The molecule has 246 valence electrons. The molecule has 0 aliphatic heterocycles. The van der Waals surface area contributed by atoms with Crippen molar-refractivity contribution in [2.75, 3.05) is 0 Å². The predicted octanol–water partition coefficient (Wildman–Crippen LogP) is 14.9. The lowest BCUT2D eigenvalue weighted by Crippen LogP contribution is -1.93. The van der Waals surface area contributed by atoms with Gasteiger partial charge >= 0.3 is 0 Å². The summed E-state index contributed by atoms with van der Waals surface area (Å²) in [5.41, 5.74) is 11.5. The molecular formula is C52H32O. The summed E-state index contributed by atoms with van der Waals surface area (Å²) < 4.78 is 6.72. The highest BCUT2D eigenvalue weighted by molar-refractivity contribution is 6.24. The minimum Gasteiger partial charge on any atom is -0.455 e. The molecule has 0 aliphatic carbocycles. The molecule has 0 fully saturated rings. The van der Waals surface area contributed by atoms with Crippen molar-refractivity contribution in [3.05, 3.63) is 194 Å². The van der Waals surface area contributed by atoms with E-state index in [4.69, 9.17) is 4.42 Å². The maximum Gasteiger partial charge on any atom is 0.143 e. The maximum absolute atomic E-state index is 6.72. The van der Waals surface area contributed by atoms with Crippen molar-refractivity contribution >= 4 is 65.0 Å². The average Bonchev–Trinajstić information content (AvgIpc) is 3.61. The molecule has 11 rings (SSSR count). The van der Waals surface area contributed by atoms with E-state index in [1.165, 1.54) is 82.0 Å². The van der Waals surface area contributed by atoms with Crippen LogP contribution in [0.4, 0.5) is 0 Å². The number of hydrogen-bond acceptors (Lipinski definition) is 1. The molecule has 53 heavy (non-hydrogen) atoms. The van der Waals surface area contributed by atoms with E-state index in [2.05, 4.69) is 194 Å². The molecule has 1 heteroatoms. The van der Waals surface area contributed by atoms with Crippen LogP contribution in [0.3, 0.4) is 0 Å². The quantitative estimate of drug-likeness (QED) is 0.170. The second kappa shape index (κ2) is 11.8. The van der Waals surface area contributed by atoms with Gasteiger partial charge in [-0.3, -0.25) is 0 Å². The zero-order valence-corrected chi connectivity index (χ0v) is 28.9. The largest absolute Gasteiger partial charge is 0.455 e. The third kappa shape index (κ3) is 4.58. The molecule has 0 N–H and O–H groups in total. The number of rotatable bonds is 4. The van der Waals surface area contributed by atoms with Crippen molar-refractivity contribution in [1.82, 2.24) is 0 Å². The van der Waals surface area contributed by atoms with Crippen molar-refractivity contribution in [1.29, 1.82) is 0 Å². The first-order chi connectivity index (χ1) is 26.3. The van der Waals surface area contributed by atoms with Crippen molar-refractivity contribution < 1.29 is 4.42 Å². The highest BCUT2D eigenvalue weighted by Gasteiger charge is 2.22. The second-order valence-corrected chi connectivity index (χ2v) is 13.9. The third-order valence-corrected chi connectivity index (χ3v) is 11.1. The fourth-order valence-corrected chi connectivity index (χ4v) is 8.76. The topological polar surface area (TPSA) is 13.1 Å². The van der Waals surface area contributed by atoms with E-state index in [0.717, 1.165) is 27.5 Å². The predicted molar refractivity (Wildman–Crippen MR) is 225 cm³/mol. The van der Waals surface area contributed by atoms with E-state index in [0.29, 0.717) is 0 Å². The Balaban J connectivity index is 1.25. The van der Waals surface area contributed by atoms with Gasteiger partial charge in [-0.2, -0.15) is 0 Å². The molecule has 11 aromatic rings. The lowest BCUT2D eigenvalue weighted by atomic mass is 9.82. The van der Waals surface area contributed by atoms with E-state index in [-0.39, 0.29) is 0 Å². The fraction of sp³-hybridized carbons (Fsp3) is 0. The first-order valence-electron chi connectivity index (χ1n) is 18.3. The summed E-state index contributed by atoms with van der Waals surface area (Å²) in [6.45, 7) is 0. The molecule has 0 unspecified atom stereocenters. The lowest BCUT2D eigenvalue weighted by molar-refractivity contribution is 0.670. The van der Waals surface area contributed by atoms with Crippen LogP contribution in [0.1, 0.15) is 0 Å². The summed E-state index contributed by atoms with van der Waals surface area (Å²) in [5, 5.41) is 12.1. The Kier molecular flexibility index (Phi) is 6.62. The summed E-state index contributed by atoms with van der Waals surface area (Å²) >= 11 is 0. The van der Waals surface area contributed by atoms with Gasteiger partial charge in [0.1, 0.15) is 11.2 Å². The Morgan fingerprint density at radius 2 is 0.698 bits per heavy atom. The minimum atomic E-state index is 0.899. The Bertz CT molecular complexity index is 3170. The van der Waals surface area contributed by atoms with Crippen LogP contribution in [-0.4, -0.2) is 0 Å². The van der Waals surface area contributed by atoms with Gasteiger partial charge in [0.05, 0.1) is 0 Å². The number of fused-ring (bicyclic) bond motifs is 7. The van der Waals surface area contributed by atoms with Crippen molar-refractivity contribution in [2.24, 2.45) is 0 Å². The van der Waals surface area contributed by atoms with Gasteiger partial charge in [0, 0.05) is 16.3 Å².